The number of pyridine rings is 1. The molecule has 2 rings (SSSR count). The molecule has 1 aromatic heterocycles. The second-order valence-corrected chi connectivity index (χ2v) is 10.4. The fourth-order valence-corrected chi connectivity index (χ4v) is 4.98. The molecule has 2 heterocycles. The molecule has 234 valence electrons. The van der Waals surface area contributed by atoms with Gasteiger partial charge in [-0.1, -0.05) is 84.3 Å². The summed E-state index contributed by atoms with van der Waals surface area (Å²) in [5.74, 6) is 1.14. The van der Waals surface area contributed by atoms with E-state index in [-0.39, 0.29) is 10.3 Å². The summed E-state index contributed by atoms with van der Waals surface area (Å²) >= 11 is 1.79. The molecule has 1 aromatic rings. The van der Waals surface area contributed by atoms with Gasteiger partial charge < -0.3 is 10.2 Å². The summed E-state index contributed by atoms with van der Waals surface area (Å²) in [6.45, 7) is 29.9. The normalized spacial score (nSPS) is 14.6. The van der Waals surface area contributed by atoms with E-state index in [1.165, 1.54) is 40.2 Å². The van der Waals surface area contributed by atoms with Crippen LogP contribution >= 0.6 is 11.8 Å². The zero-order valence-corrected chi connectivity index (χ0v) is 27.9. The number of hydrogen-bond donors (Lipinski definition) is 1. The molecular weight excluding hydrogens is 518 g/mol. The van der Waals surface area contributed by atoms with Crippen molar-refractivity contribution in [1.29, 1.82) is 0 Å². The first kappa shape index (κ1) is 40.4. The maximum atomic E-state index is 4.61. The number of rotatable bonds is 13. The number of nitrogens with zero attached hydrogens (tertiary/aromatic N) is 2. The van der Waals surface area contributed by atoms with Crippen LogP contribution in [0.3, 0.4) is 0 Å². The topological polar surface area (TPSA) is 28.2 Å². The Kier molecular flexibility index (Phi) is 24.7. The first-order valence-electron chi connectivity index (χ1n) is 15.2. The van der Waals surface area contributed by atoms with Crippen LogP contribution < -0.4 is 10.2 Å². The molecule has 4 heteroatoms. The highest BCUT2D eigenvalue weighted by molar-refractivity contribution is 8.06. The molecule has 41 heavy (non-hydrogen) atoms. The Labute approximate surface area is 262 Å². The Balaban J connectivity index is -0.00000104. The Morgan fingerprint density at radius 1 is 1.00 bits per heavy atom. The van der Waals surface area contributed by atoms with Crippen molar-refractivity contribution < 1.29 is 2.85 Å². The molecule has 0 amide bonds. The molecule has 0 unspecified atom stereocenters. The zero-order valence-electron chi connectivity index (χ0n) is 27.1. The van der Waals surface area contributed by atoms with Crippen molar-refractivity contribution in [2.24, 2.45) is 0 Å². The van der Waals surface area contributed by atoms with Crippen LogP contribution in [0.4, 0.5) is 5.82 Å². The Morgan fingerprint density at radius 3 is 2.22 bits per heavy atom. The molecule has 0 aromatic carbocycles. The number of thioether (sulfide) groups is 1. The molecule has 0 saturated carbocycles. The number of anilines is 1. The zero-order chi connectivity index (χ0) is 30.3. The smallest absolute Gasteiger partial charge is 0.128 e. The molecule has 0 spiro atoms. The third-order valence-corrected chi connectivity index (χ3v) is 7.62. The van der Waals surface area contributed by atoms with Crippen molar-refractivity contribution in [3.63, 3.8) is 0 Å². The van der Waals surface area contributed by atoms with Crippen molar-refractivity contribution in [3.05, 3.63) is 106 Å². The van der Waals surface area contributed by atoms with Crippen molar-refractivity contribution in [2.45, 2.75) is 102 Å². The van der Waals surface area contributed by atoms with Gasteiger partial charge in [0.2, 0.25) is 0 Å². The van der Waals surface area contributed by atoms with E-state index in [4.69, 9.17) is 0 Å². The Hall–Kier alpha value is -2.72. The van der Waals surface area contributed by atoms with Gasteiger partial charge in [-0.3, -0.25) is 0 Å². The van der Waals surface area contributed by atoms with E-state index in [2.05, 4.69) is 105 Å². The lowest BCUT2D eigenvalue weighted by atomic mass is 10.0. The van der Waals surface area contributed by atoms with Gasteiger partial charge in [-0.25, -0.2) is 4.98 Å². The van der Waals surface area contributed by atoms with Gasteiger partial charge in [-0.05, 0) is 118 Å². The fraction of sp³-hybridized carbons (Fsp3) is 0.486. The summed E-state index contributed by atoms with van der Waals surface area (Å²) in [7, 11) is 0. The third kappa shape index (κ3) is 15.7. The van der Waals surface area contributed by atoms with E-state index in [1.54, 1.807) is 11.8 Å². The number of aromatic nitrogens is 1. The first-order chi connectivity index (χ1) is 19.4. The Morgan fingerprint density at radius 2 is 1.66 bits per heavy atom. The molecule has 0 atom stereocenters. The number of allylic oxidation sites excluding steroid dienone is 11. The van der Waals surface area contributed by atoms with Gasteiger partial charge in [0.05, 0.1) is 0 Å². The number of aryl methyl sites for hydroxylation is 1. The molecule has 3 nitrogen and oxygen atoms in total. The lowest BCUT2D eigenvalue weighted by Crippen LogP contribution is -2.30. The van der Waals surface area contributed by atoms with Crippen LogP contribution in [0.15, 0.2) is 100 Å². The quantitative estimate of drug-likeness (QED) is 0.185. The fourth-order valence-electron chi connectivity index (χ4n) is 4.10. The molecule has 1 saturated heterocycles. The van der Waals surface area contributed by atoms with Crippen LogP contribution in [0.2, 0.25) is 0 Å². The van der Waals surface area contributed by atoms with E-state index >= 15 is 0 Å². The van der Waals surface area contributed by atoms with Crippen molar-refractivity contribution in [3.8, 4) is 0 Å². The summed E-state index contributed by atoms with van der Waals surface area (Å²) < 4.78 is 0. The largest absolute Gasteiger partial charge is 0.389 e. The van der Waals surface area contributed by atoms with Crippen LogP contribution in [0.5, 0.6) is 0 Å². The predicted molar refractivity (Wildman–Crippen MR) is 196 cm³/mol. The molecule has 1 aliphatic rings. The minimum Gasteiger partial charge on any atom is -0.389 e. The molecule has 0 bridgehead atoms. The number of piperidine rings is 1. The van der Waals surface area contributed by atoms with E-state index in [1.807, 2.05) is 40.0 Å². The molecule has 1 fully saturated rings. The highest BCUT2D eigenvalue weighted by Gasteiger charge is 2.12. The summed E-state index contributed by atoms with van der Waals surface area (Å²) in [5, 5.41) is 3.59. The van der Waals surface area contributed by atoms with E-state index in [0.717, 1.165) is 55.1 Å². The Bertz CT molecular complexity index is 1050. The standard InChI is InChI=1S/C32H45N3S.2C2H6.CH4.2H2/c1-8-25(5)30(24-29(10-3)31(11-4)36-27(7)9-2)22-26(6)33-18-15-16-28-17-19-34-32(23-28)35-20-13-12-14-21-35;2*1-2;;;/h8-11,17,19,22-24,33H,1,5,12-16,18,20-21H2,2-4,6-7H3;2*1-2H3;1H4;2*1H/b26-22+,27-9?,29-10+,30-24-,31-11-;;;;;. The average molecular weight is 584 g/mol. The summed E-state index contributed by atoms with van der Waals surface area (Å²) in [6, 6.07) is 4.42. The summed E-state index contributed by atoms with van der Waals surface area (Å²) in [5.41, 5.74) is 5.66. The maximum Gasteiger partial charge on any atom is 0.128 e. The monoisotopic (exact) mass is 583 g/mol. The van der Waals surface area contributed by atoms with Gasteiger partial charge in [0.1, 0.15) is 5.82 Å². The number of nitrogens with one attached hydrogen (secondary N) is 1. The van der Waals surface area contributed by atoms with Crippen LogP contribution in [-0.4, -0.2) is 24.6 Å². The first-order valence-corrected chi connectivity index (χ1v) is 16.0. The van der Waals surface area contributed by atoms with Crippen LogP contribution in [-0.2, 0) is 6.42 Å². The van der Waals surface area contributed by atoms with Crippen LogP contribution in [0.1, 0.15) is 104 Å². The minimum atomic E-state index is 0. The molecule has 0 radical (unpaired) electrons. The van der Waals surface area contributed by atoms with Gasteiger partial charge in [-0.2, -0.15) is 0 Å². The number of hydrogen-bond acceptors (Lipinski definition) is 4. The average Bonchev–Trinajstić information content (AvgIpc) is 3.02. The second-order valence-electron chi connectivity index (χ2n) is 9.16. The molecular formula is C37H65N3S. The van der Waals surface area contributed by atoms with Gasteiger partial charge >= 0.3 is 0 Å². The highest BCUT2D eigenvalue weighted by atomic mass is 32.2. The summed E-state index contributed by atoms with van der Waals surface area (Å²) in [4.78, 5) is 9.56. The van der Waals surface area contributed by atoms with Gasteiger partial charge in [0.25, 0.3) is 0 Å². The van der Waals surface area contributed by atoms with Gasteiger partial charge in [-0.15, -0.1) is 0 Å². The van der Waals surface area contributed by atoms with Crippen LogP contribution in [0.25, 0.3) is 0 Å². The van der Waals surface area contributed by atoms with E-state index in [9.17, 15) is 0 Å². The third-order valence-electron chi connectivity index (χ3n) is 6.37. The van der Waals surface area contributed by atoms with Crippen molar-refractivity contribution in [2.75, 3.05) is 24.5 Å². The van der Waals surface area contributed by atoms with E-state index < -0.39 is 0 Å². The van der Waals surface area contributed by atoms with Crippen molar-refractivity contribution >= 4 is 17.6 Å². The predicted octanol–water partition coefficient (Wildman–Crippen LogP) is 11.9. The van der Waals surface area contributed by atoms with E-state index in [0.29, 0.717) is 0 Å². The summed E-state index contributed by atoms with van der Waals surface area (Å²) in [6.07, 6.45) is 20.6. The molecule has 0 aliphatic carbocycles. The lowest BCUT2D eigenvalue weighted by Gasteiger charge is -2.27. The maximum absolute atomic E-state index is 4.61. The SMILES string of the molecule is C.C=CC(=C)C(=C\C(=C/C)C(=C\C)\SC(C)=CC)/C=C(\C)NCCCc1ccnc(N2CCCCC2)c1.CC.CC.[HH].[HH]. The molecule has 1 N–H and O–H groups in total. The van der Waals surface area contributed by atoms with Crippen LogP contribution in [0, 0.1) is 0 Å². The second kappa shape index (κ2) is 25.0. The highest BCUT2D eigenvalue weighted by Crippen LogP contribution is 2.32. The van der Waals surface area contributed by atoms with Crippen molar-refractivity contribution in [1.82, 2.24) is 10.3 Å². The lowest BCUT2D eigenvalue weighted by molar-refractivity contribution is 0.573. The minimum absolute atomic E-state index is 0. The van der Waals surface area contributed by atoms with Gasteiger partial charge in [0.15, 0.2) is 0 Å². The molecule has 1 aliphatic heterocycles. The van der Waals surface area contributed by atoms with Gasteiger partial charge in [0, 0.05) is 39.3 Å².